The van der Waals surface area contributed by atoms with Gasteiger partial charge in [0.15, 0.2) is 0 Å². The van der Waals surface area contributed by atoms with E-state index in [1.54, 1.807) is 24.3 Å². The number of ether oxygens (including phenoxy) is 2. The van der Waals surface area contributed by atoms with Crippen molar-refractivity contribution in [3.63, 3.8) is 0 Å². The summed E-state index contributed by atoms with van der Waals surface area (Å²) in [5, 5.41) is 10.3. The summed E-state index contributed by atoms with van der Waals surface area (Å²) < 4.78 is 10.3. The van der Waals surface area contributed by atoms with Gasteiger partial charge in [-0.3, -0.25) is 9.80 Å². The molecule has 0 saturated carbocycles. The molecule has 1 saturated heterocycles. The van der Waals surface area contributed by atoms with E-state index >= 15 is 0 Å². The van der Waals surface area contributed by atoms with Gasteiger partial charge in [0.05, 0.1) is 12.7 Å². The molecule has 1 fully saturated rings. The Bertz CT molecular complexity index is 728. The largest absolute Gasteiger partial charge is 0.491 e. The molecule has 1 heterocycles. The van der Waals surface area contributed by atoms with Gasteiger partial charge in [-0.1, -0.05) is 30.3 Å². The highest BCUT2D eigenvalue weighted by Crippen LogP contribution is 2.14. The predicted molar refractivity (Wildman–Crippen MR) is 107 cm³/mol. The molecule has 0 radical (unpaired) electrons. The molecule has 3 rings (SSSR count). The van der Waals surface area contributed by atoms with Gasteiger partial charge >= 0.3 is 5.97 Å². The third-order valence-corrected chi connectivity index (χ3v) is 4.90. The van der Waals surface area contributed by atoms with Crippen molar-refractivity contribution in [3.05, 3.63) is 65.7 Å². The van der Waals surface area contributed by atoms with Crippen LogP contribution in [0.25, 0.3) is 0 Å². The highest BCUT2D eigenvalue weighted by atomic mass is 16.5. The van der Waals surface area contributed by atoms with E-state index in [2.05, 4.69) is 38.8 Å². The second-order valence-electron chi connectivity index (χ2n) is 7.04. The lowest BCUT2D eigenvalue weighted by atomic mass is 10.2. The summed E-state index contributed by atoms with van der Waals surface area (Å²) in [5.41, 5.74) is 1.81. The Morgan fingerprint density at radius 1 is 1.00 bits per heavy atom. The summed E-state index contributed by atoms with van der Waals surface area (Å²) >= 11 is 0. The van der Waals surface area contributed by atoms with Crippen LogP contribution in [0, 0.1) is 0 Å². The molecule has 0 aromatic heterocycles. The zero-order valence-electron chi connectivity index (χ0n) is 16.3. The number of carbonyl (C=O) groups is 1. The second kappa shape index (κ2) is 10.2. The molecule has 150 valence electrons. The first-order chi connectivity index (χ1) is 13.6. The Balaban J connectivity index is 1.36. The number of β-amino-alcohol motifs (C(OH)–C–C–N with tert-alkyl or cyclic N) is 1. The van der Waals surface area contributed by atoms with E-state index in [0.717, 1.165) is 32.7 Å². The SMILES string of the molecule is COC(=O)c1ccc(OCC(O)CN2CCN(Cc3ccccc3)CC2)cc1. The lowest BCUT2D eigenvalue weighted by Crippen LogP contribution is -2.48. The van der Waals surface area contributed by atoms with Gasteiger partial charge in [-0.2, -0.15) is 0 Å². The highest BCUT2D eigenvalue weighted by molar-refractivity contribution is 5.89. The monoisotopic (exact) mass is 384 g/mol. The van der Waals surface area contributed by atoms with Crippen LogP contribution < -0.4 is 4.74 Å². The molecule has 2 aromatic rings. The molecule has 1 unspecified atom stereocenters. The van der Waals surface area contributed by atoms with Crippen molar-refractivity contribution in [1.29, 1.82) is 0 Å². The maximum absolute atomic E-state index is 11.4. The number of rotatable bonds is 8. The third kappa shape index (κ3) is 6.05. The van der Waals surface area contributed by atoms with E-state index in [1.807, 2.05) is 6.07 Å². The smallest absolute Gasteiger partial charge is 0.337 e. The number of nitrogens with zero attached hydrogens (tertiary/aromatic N) is 2. The zero-order chi connectivity index (χ0) is 19.8. The zero-order valence-corrected chi connectivity index (χ0v) is 16.3. The molecule has 28 heavy (non-hydrogen) atoms. The molecular formula is C22H28N2O4. The van der Waals surface area contributed by atoms with Crippen molar-refractivity contribution in [2.45, 2.75) is 12.6 Å². The van der Waals surface area contributed by atoms with Crippen LogP contribution in [0.15, 0.2) is 54.6 Å². The number of aliphatic hydroxyl groups excluding tert-OH is 1. The van der Waals surface area contributed by atoms with Gasteiger partial charge in [-0.15, -0.1) is 0 Å². The van der Waals surface area contributed by atoms with E-state index in [0.29, 0.717) is 17.9 Å². The highest BCUT2D eigenvalue weighted by Gasteiger charge is 2.19. The minimum absolute atomic E-state index is 0.224. The standard InChI is InChI=1S/C22H28N2O4/c1-27-22(26)19-7-9-21(10-8-19)28-17-20(25)16-24-13-11-23(12-14-24)15-18-5-3-2-4-6-18/h2-10,20,25H,11-17H2,1H3. The number of methoxy groups -OCH3 is 1. The number of piperazine rings is 1. The molecule has 1 aliphatic rings. The summed E-state index contributed by atoms with van der Waals surface area (Å²) in [7, 11) is 1.35. The van der Waals surface area contributed by atoms with Crippen molar-refractivity contribution < 1.29 is 19.4 Å². The van der Waals surface area contributed by atoms with Gasteiger partial charge in [0, 0.05) is 39.3 Å². The Morgan fingerprint density at radius 3 is 2.29 bits per heavy atom. The Hall–Kier alpha value is -2.41. The Morgan fingerprint density at radius 2 is 1.64 bits per heavy atom. The van der Waals surface area contributed by atoms with Crippen molar-refractivity contribution in [3.8, 4) is 5.75 Å². The van der Waals surface area contributed by atoms with Crippen LogP contribution in [0.1, 0.15) is 15.9 Å². The molecule has 2 aromatic carbocycles. The van der Waals surface area contributed by atoms with Crippen LogP contribution in [0.4, 0.5) is 0 Å². The molecule has 0 bridgehead atoms. The minimum atomic E-state index is -0.555. The molecule has 1 N–H and O–H groups in total. The molecule has 1 aliphatic heterocycles. The summed E-state index contributed by atoms with van der Waals surface area (Å²) in [4.78, 5) is 16.1. The predicted octanol–water partition coefficient (Wildman–Crippen LogP) is 2.03. The maximum atomic E-state index is 11.4. The van der Waals surface area contributed by atoms with Gasteiger partial charge in [-0.05, 0) is 29.8 Å². The second-order valence-corrected chi connectivity index (χ2v) is 7.04. The van der Waals surface area contributed by atoms with Crippen LogP contribution in [-0.4, -0.2) is 73.4 Å². The summed E-state index contributed by atoms with van der Waals surface area (Å²) in [6, 6.07) is 17.2. The number of esters is 1. The van der Waals surface area contributed by atoms with Gasteiger partial charge in [0.1, 0.15) is 18.5 Å². The fraction of sp³-hybridized carbons (Fsp3) is 0.409. The van der Waals surface area contributed by atoms with E-state index in [9.17, 15) is 9.90 Å². The number of carbonyl (C=O) groups excluding carboxylic acids is 1. The molecule has 0 amide bonds. The quantitative estimate of drug-likeness (QED) is 0.703. The summed E-state index contributed by atoms with van der Waals surface area (Å²) in [6.45, 7) is 5.67. The third-order valence-electron chi connectivity index (χ3n) is 4.90. The van der Waals surface area contributed by atoms with Gasteiger partial charge in [0.25, 0.3) is 0 Å². The fourth-order valence-corrected chi connectivity index (χ4v) is 3.32. The van der Waals surface area contributed by atoms with E-state index in [1.165, 1.54) is 12.7 Å². The van der Waals surface area contributed by atoms with Crippen LogP contribution in [0.5, 0.6) is 5.75 Å². The van der Waals surface area contributed by atoms with Crippen molar-refractivity contribution in [2.75, 3.05) is 46.4 Å². The van der Waals surface area contributed by atoms with Gasteiger partial charge < -0.3 is 14.6 Å². The van der Waals surface area contributed by atoms with Crippen LogP contribution in [0.3, 0.4) is 0 Å². The number of hydrogen-bond donors (Lipinski definition) is 1. The molecule has 0 spiro atoms. The minimum Gasteiger partial charge on any atom is -0.491 e. The molecule has 1 atom stereocenters. The van der Waals surface area contributed by atoms with E-state index in [4.69, 9.17) is 4.74 Å². The first-order valence-corrected chi connectivity index (χ1v) is 9.62. The lowest BCUT2D eigenvalue weighted by molar-refractivity contribution is 0.0446. The molecular weight excluding hydrogens is 356 g/mol. The number of benzene rings is 2. The van der Waals surface area contributed by atoms with E-state index < -0.39 is 6.10 Å². The summed E-state index contributed by atoms with van der Waals surface area (Å²) in [6.07, 6.45) is -0.555. The number of aliphatic hydroxyl groups is 1. The summed E-state index contributed by atoms with van der Waals surface area (Å²) in [5.74, 6) is 0.248. The Kier molecular flexibility index (Phi) is 7.42. The first-order valence-electron chi connectivity index (χ1n) is 9.62. The number of hydrogen-bond acceptors (Lipinski definition) is 6. The average Bonchev–Trinajstić information content (AvgIpc) is 2.74. The van der Waals surface area contributed by atoms with Crippen LogP contribution in [-0.2, 0) is 11.3 Å². The van der Waals surface area contributed by atoms with Crippen molar-refractivity contribution in [2.24, 2.45) is 0 Å². The topological polar surface area (TPSA) is 62.2 Å². The van der Waals surface area contributed by atoms with Gasteiger partial charge in [-0.25, -0.2) is 4.79 Å². The molecule has 0 aliphatic carbocycles. The normalized spacial score (nSPS) is 16.5. The average molecular weight is 384 g/mol. The Labute approximate surface area is 166 Å². The van der Waals surface area contributed by atoms with Gasteiger partial charge in [0.2, 0.25) is 0 Å². The maximum Gasteiger partial charge on any atom is 0.337 e. The van der Waals surface area contributed by atoms with E-state index in [-0.39, 0.29) is 12.6 Å². The van der Waals surface area contributed by atoms with Crippen molar-refractivity contribution in [1.82, 2.24) is 9.80 Å². The first kappa shape index (κ1) is 20.3. The molecule has 6 heteroatoms. The van der Waals surface area contributed by atoms with Crippen LogP contribution >= 0.6 is 0 Å². The van der Waals surface area contributed by atoms with Crippen molar-refractivity contribution >= 4 is 5.97 Å². The molecule has 6 nitrogen and oxygen atoms in total. The van der Waals surface area contributed by atoms with Crippen LogP contribution in [0.2, 0.25) is 0 Å². The lowest BCUT2D eigenvalue weighted by Gasteiger charge is -2.35. The fourth-order valence-electron chi connectivity index (χ4n) is 3.32.